The molecule has 0 radical (unpaired) electrons. The van der Waals surface area contributed by atoms with Crippen molar-refractivity contribution < 1.29 is 0 Å². The van der Waals surface area contributed by atoms with E-state index in [4.69, 9.17) is 11.6 Å². The fourth-order valence-electron chi connectivity index (χ4n) is 1.75. The third-order valence-corrected chi connectivity index (χ3v) is 4.65. The van der Waals surface area contributed by atoms with Crippen LogP contribution >= 0.6 is 22.9 Å². The van der Waals surface area contributed by atoms with Gasteiger partial charge in [-0.05, 0) is 37.4 Å². The zero-order valence-corrected chi connectivity index (χ0v) is 12.2. The number of aryl methyl sites for hydroxylation is 1. The monoisotopic (exact) mass is 259 g/mol. The average Bonchev–Trinajstić information content (AvgIpc) is 2.59. The van der Waals surface area contributed by atoms with Gasteiger partial charge in [0.25, 0.3) is 0 Å². The number of rotatable bonds is 6. The quantitative estimate of drug-likeness (QED) is 0.774. The minimum absolute atomic E-state index is 0.459. The lowest BCUT2D eigenvalue weighted by Crippen LogP contribution is -2.26. The van der Waals surface area contributed by atoms with Gasteiger partial charge in [0.2, 0.25) is 0 Å². The summed E-state index contributed by atoms with van der Waals surface area (Å²) in [4.78, 5) is 1.38. The number of nitrogens with one attached hydrogen (secondary N) is 1. The van der Waals surface area contributed by atoms with Gasteiger partial charge in [-0.3, -0.25) is 0 Å². The summed E-state index contributed by atoms with van der Waals surface area (Å²) in [5.74, 6) is 0.653. The summed E-state index contributed by atoms with van der Waals surface area (Å²) in [6.45, 7) is 9.90. The number of hydrogen-bond donors (Lipinski definition) is 1. The van der Waals surface area contributed by atoms with Crippen LogP contribution in [0.4, 0.5) is 0 Å². The maximum absolute atomic E-state index is 6.15. The van der Waals surface area contributed by atoms with Crippen molar-refractivity contribution in [2.24, 2.45) is 5.92 Å². The van der Waals surface area contributed by atoms with E-state index in [0.717, 1.165) is 10.9 Å². The molecule has 0 spiro atoms. The van der Waals surface area contributed by atoms with Gasteiger partial charge in [-0.1, -0.05) is 38.8 Å². The number of halogens is 1. The Morgan fingerprint density at radius 2 is 2.12 bits per heavy atom. The molecule has 16 heavy (non-hydrogen) atoms. The van der Waals surface area contributed by atoms with Crippen molar-refractivity contribution in [3.8, 4) is 0 Å². The second kappa shape index (κ2) is 6.63. The van der Waals surface area contributed by atoms with Crippen LogP contribution in [0.3, 0.4) is 0 Å². The Balaban J connectivity index is 2.82. The first-order valence-electron chi connectivity index (χ1n) is 6.09. The summed E-state index contributed by atoms with van der Waals surface area (Å²) in [6.07, 6.45) is 2.36. The molecule has 1 aromatic heterocycles. The molecule has 1 heterocycles. The van der Waals surface area contributed by atoms with Crippen LogP contribution in [0.2, 0.25) is 4.34 Å². The molecule has 0 aliphatic rings. The molecular weight excluding hydrogens is 238 g/mol. The van der Waals surface area contributed by atoms with Gasteiger partial charge in [0.15, 0.2) is 0 Å². The summed E-state index contributed by atoms with van der Waals surface area (Å²) in [5, 5.41) is 3.63. The Morgan fingerprint density at radius 3 is 2.56 bits per heavy atom. The normalized spacial score (nSPS) is 15.1. The summed E-state index contributed by atoms with van der Waals surface area (Å²) in [5.41, 5.74) is 1.20. The van der Waals surface area contributed by atoms with Crippen molar-refractivity contribution >= 4 is 22.9 Å². The smallest absolute Gasteiger partial charge is 0.0960 e. The largest absolute Gasteiger partial charge is 0.309 e. The van der Waals surface area contributed by atoms with Crippen molar-refractivity contribution in [3.63, 3.8) is 0 Å². The van der Waals surface area contributed by atoms with Crippen molar-refractivity contribution in [2.45, 2.75) is 46.6 Å². The first-order valence-corrected chi connectivity index (χ1v) is 7.28. The van der Waals surface area contributed by atoms with Crippen LogP contribution in [0.1, 0.15) is 50.1 Å². The summed E-state index contributed by atoms with van der Waals surface area (Å²) >= 11 is 7.87. The highest BCUT2D eigenvalue weighted by atomic mass is 35.5. The van der Waals surface area contributed by atoms with Crippen LogP contribution in [-0.2, 0) is 0 Å². The molecule has 1 N–H and O–H groups in total. The molecule has 0 amide bonds. The third-order valence-electron chi connectivity index (χ3n) is 3.01. The predicted molar refractivity (Wildman–Crippen MR) is 74.6 cm³/mol. The van der Waals surface area contributed by atoms with Gasteiger partial charge in [0, 0.05) is 10.9 Å². The van der Waals surface area contributed by atoms with Crippen molar-refractivity contribution in [3.05, 3.63) is 20.8 Å². The lowest BCUT2D eigenvalue weighted by molar-refractivity contribution is 0.382. The molecule has 0 aliphatic heterocycles. The van der Waals surface area contributed by atoms with E-state index in [9.17, 15) is 0 Å². The lowest BCUT2D eigenvalue weighted by Gasteiger charge is -2.23. The Morgan fingerprint density at radius 1 is 1.44 bits per heavy atom. The van der Waals surface area contributed by atoms with Crippen LogP contribution in [0.15, 0.2) is 6.07 Å². The summed E-state index contributed by atoms with van der Waals surface area (Å²) < 4.78 is 0.932. The molecule has 0 aromatic carbocycles. The molecule has 0 saturated heterocycles. The molecular formula is C13H22ClNS. The maximum Gasteiger partial charge on any atom is 0.0960 e. The van der Waals surface area contributed by atoms with E-state index in [-0.39, 0.29) is 0 Å². The first-order chi connectivity index (χ1) is 7.60. The second-order valence-electron chi connectivity index (χ2n) is 4.42. The highest BCUT2D eigenvalue weighted by Gasteiger charge is 2.19. The van der Waals surface area contributed by atoms with Gasteiger partial charge in [0.1, 0.15) is 0 Å². The standard InChI is InChI=1S/C13H22ClNS/c1-5-7-15-12(9(3)6-2)11-8-10(4)13(14)16-11/h8-9,12,15H,5-7H2,1-4H3. The number of hydrogen-bond acceptors (Lipinski definition) is 2. The van der Waals surface area contributed by atoms with Crippen LogP contribution in [0, 0.1) is 12.8 Å². The molecule has 0 aliphatic carbocycles. The minimum atomic E-state index is 0.459. The highest BCUT2D eigenvalue weighted by molar-refractivity contribution is 7.16. The Labute approximate surface area is 108 Å². The zero-order chi connectivity index (χ0) is 12.1. The van der Waals surface area contributed by atoms with Crippen LogP contribution in [0.25, 0.3) is 0 Å². The average molecular weight is 260 g/mol. The Bertz CT molecular complexity index is 302. The van der Waals surface area contributed by atoms with E-state index in [1.165, 1.54) is 23.3 Å². The molecule has 0 fully saturated rings. The van der Waals surface area contributed by atoms with E-state index in [2.05, 4.69) is 39.1 Å². The van der Waals surface area contributed by atoms with Crippen LogP contribution < -0.4 is 5.32 Å². The van der Waals surface area contributed by atoms with Crippen LogP contribution in [0.5, 0.6) is 0 Å². The van der Waals surface area contributed by atoms with Gasteiger partial charge >= 0.3 is 0 Å². The maximum atomic E-state index is 6.15. The molecule has 2 atom stereocenters. The third kappa shape index (κ3) is 3.47. The van der Waals surface area contributed by atoms with Gasteiger partial charge in [-0.15, -0.1) is 11.3 Å². The minimum Gasteiger partial charge on any atom is -0.309 e. The van der Waals surface area contributed by atoms with E-state index >= 15 is 0 Å². The van der Waals surface area contributed by atoms with Crippen molar-refractivity contribution in [1.29, 1.82) is 0 Å². The van der Waals surface area contributed by atoms with Gasteiger partial charge in [-0.25, -0.2) is 0 Å². The molecule has 1 rings (SSSR count). The van der Waals surface area contributed by atoms with E-state index in [1.54, 1.807) is 11.3 Å². The van der Waals surface area contributed by atoms with Crippen molar-refractivity contribution in [2.75, 3.05) is 6.54 Å². The fraction of sp³-hybridized carbons (Fsp3) is 0.692. The second-order valence-corrected chi connectivity index (χ2v) is 6.11. The number of thiophene rings is 1. The van der Waals surface area contributed by atoms with Crippen molar-refractivity contribution in [1.82, 2.24) is 5.32 Å². The van der Waals surface area contributed by atoms with Gasteiger partial charge in [-0.2, -0.15) is 0 Å². The highest BCUT2D eigenvalue weighted by Crippen LogP contribution is 2.35. The zero-order valence-electron chi connectivity index (χ0n) is 10.6. The molecule has 2 unspecified atom stereocenters. The lowest BCUT2D eigenvalue weighted by atomic mass is 9.97. The van der Waals surface area contributed by atoms with E-state index in [1.807, 2.05) is 0 Å². The Hall–Kier alpha value is -0.0500. The van der Waals surface area contributed by atoms with Gasteiger partial charge in [0.05, 0.1) is 4.34 Å². The topological polar surface area (TPSA) is 12.0 Å². The molecule has 92 valence electrons. The Kier molecular flexibility index (Phi) is 5.81. The SMILES string of the molecule is CCCNC(c1cc(C)c(Cl)s1)C(C)CC. The summed E-state index contributed by atoms with van der Waals surface area (Å²) in [7, 11) is 0. The summed E-state index contributed by atoms with van der Waals surface area (Å²) in [6, 6.07) is 2.69. The van der Waals surface area contributed by atoms with Gasteiger partial charge < -0.3 is 5.32 Å². The van der Waals surface area contributed by atoms with E-state index < -0.39 is 0 Å². The molecule has 3 heteroatoms. The van der Waals surface area contributed by atoms with E-state index in [0.29, 0.717) is 12.0 Å². The first kappa shape index (κ1) is 14.0. The molecule has 1 nitrogen and oxygen atoms in total. The van der Waals surface area contributed by atoms with Crippen LogP contribution in [-0.4, -0.2) is 6.54 Å². The fourth-order valence-corrected chi connectivity index (χ4v) is 3.18. The molecule has 1 aromatic rings. The molecule has 0 saturated carbocycles. The molecule has 0 bridgehead atoms. The predicted octanol–water partition coefficient (Wildman–Crippen LogP) is 4.80.